The Hall–Kier alpha value is -3.38. The Labute approximate surface area is 189 Å². The topological polar surface area (TPSA) is 54.3 Å². The number of rotatable bonds is 2. The number of hydrogen-bond acceptors (Lipinski definition) is 3. The Morgan fingerprint density at radius 2 is 1.75 bits per heavy atom. The monoisotopic (exact) mass is 441 g/mol. The number of carbonyl (C=O) groups excluding carboxylic acids is 1. The normalized spacial score (nSPS) is 19.6. The van der Waals surface area contributed by atoms with E-state index < -0.39 is 0 Å². The number of nitrogens with one attached hydrogen (secondary N) is 1. The molecule has 2 aromatic heterocycles. The van der Waals surface area contributed by atoms with E-state index in [2.05, 4.69) is 35.6 Å². The van der Waals surface area contributed by atoms with Crippen LogP contribution in [0.3, 0.4) is 0 Å². The van der Waals surface area contributed by atoms with Crippen LogP contribution in [0.1, 0.15) is 18.0 Å². The zero-order chi connectivity index (χ0) is 21.7. The summed E-state index contributed by atoms with van der Waals surface area (Å²) in [5.74, 6) is 0.441. The lowest BCUT2D eigenvalue weighted by Gasteiger charge is -2.43. The fourth-order valence-corrected chi connectivity index (χ4v) is 6.32. The minimum absolute atomic E-state index is 0.0572. The van der Waals surface area contributed by atoms with Crippen molar-refractivity contribution >= 4 is 33.1 Å². The van der Waals surface area contributed by atoms with Crippen LogP contribution in [0.15, 0.2) is 77.6 Å². The van der Waals surface area contributed by atoms with Crippen molar-refractivity contribution in [2.24, 2.45) is 5.92 Å². The number of benzene rings is 2. The number of likely N-dealkylation sites (tertiary alicyclic amines) is 1. The first kappa shape index (κ1) is 19.3. The summed E-state index contributed by atoms with van der Waals surface area (Å²) in [5, 5.41) is 4.24. The summed E-state index contributed by atoms with van der Waals surface area (Å²) in [6.07, 6.45) is 1.01. The lowest BCUT2D eigenvalue weighted by molar-refractivity contribution is 0.140. The maximum atomic E-state index is 13.0. The molecule has 0 aliphatic carbocycles. The van der Waals surface area contributed by atoms with Crippen LogP contribution >= 0.6 is 11.3 Å². The SMILES string of the molecule is O=C(Nc1ccccc1)N1CC2CC(C1)c1c(-c3cc4ccccc4s3)ccc(=O)n1C2. The van der Waals surface area contributed by atoms with Gasteiger partial charge in [-0.05, 0) is 48.1 Å². The fraction of sp³-hybridized carbons (Fsp3) is 0.231. The number of piperidine rings is 1. The molecule has 4 aromatic rings. The first-order valence-electron chi connectivity index (χ1n) is 11.0. The number of aromatic nitrogens is 1. The first-order valence-corrected chi connectivity index (χ1v) is 11.8. The molecule has 1 fully saturated rings. The van der Waals surface area contributed by atoms with Crippen molar-refractivity contribution in [3.05, 3.63) is 88.8 Å². The van der Waals surface area contributed by atoms with Crippen molar-refractivity contribution in [1.82, 2.24) is 9.47 Å². The summed E-state index contributed by atoms with van der Waals surface area (Å²) in [7, 11) is 0. The standard InChI is InChI=1S/C26H23N3O2S/c30-24-11-10-21(23-13-18-6-4-5-9-22(18)32-23)25-19-12-17(15-29(24)25)14-28(16-19)26(31)27-20-7-2-1-3-8-20/h1-11,13,17,19H,12,14-16H2,(H,27,31). The van der Waals surface area contributed by atoms with E-state index in [0.717, 1.165) is 23.4 Å². The molecule has 6 heteroatoms. The summed E-state index contributed by atoms with van der Waals surface area (Å²) in [6, 6.07) is 23.8. The molecule has 160 valence electrons. The maximum absolute atomic E-state index is 13.0. The molecule has 2 unspecified atom stereocenters. The molecule has 1 N–H and O–H groups in total. The van der Waals surface area contributed by atoms with Gasteiger partial charge in [0.05, 0.1) is 0 Å². The number of nitrogens with zero attached hydrogens (tertiary/aromatic N) is 2. The van der Waals surface area contributed by atoms with Gasteiger partial charge < -0.3 is 14.8 Å². The highest BCUT2D eigenvalue weighted by Crippen LogP contribution is 2.42. The van der Waals surface area contributed by atoms with Gasteiger partial charge in [0.1, 0.15) is 0 Å². The number of urea groups is 1. The number of pyridine rings is 1. The second-order valence-corrected chi connectivity index (χ2v) is 9.81. The summed E-state index contributed by atoms with van der Waals surface area (Å²) >= 11 is 1.76. The van der Waals surface area contributed by atoms with Gasteiger partial charge in [0.25, 0.3) is 5.56 Å². The van der Waals surface area contributed by atoms with Gasteiger partial charge in [-0.25, -0.2) is 4.79 Å². The molecule has 0 saturated carbocycles. The van der Waals surface area contributed by atoms with Gasteiger partial charge in [-0.2, -0.15) is 0 Å². The van der Waals surface area contributed by atoms with E-state index in [0.29, 0.717) is 19.6 Å². The quantitative estimate of drug-likeness (QED) is 0.454. The molecule has 32 heavy (non-hydrogen) atoms. The van der Waals surface area contributed by atoms with Crippen LogP contribution in [-0.2, 0) is 6.54 Å². The van der Waals surface area contributed by atoms with Crippen LogP contribution in [0.2, 0.25) is 0 Å². The van der Waals surface area contributed by atoms with Crippen molar-refractivity contribution in [1.29, 1.82) is 0 Å². The molecule has 2 aromatic carbocycles. The molecule has 0 spiro atoms. The lowest BCUT2D eigenvalue weighted by Crippen LogP contribution is -2.50. The summed E-state index contributed by atoms with van der Waals surface area (Å²) < 4.78 is 3.21. The van der Waals surface area contributed by atoms with Crippen LogP contribution in [0.25, 0.3) is 20.5 Å². The van der Waals surface area contributed by atoms with Crippen LogP contribution < -0.4 is 10.9 Å². The van der Waals surface area contributed by atoms with E-state index in [1.807, 2.05) is 45.9 Å². The number of thiophene rings is 1. The van der Waals surface area contributed by atoms with Crippen LogP contribution in [0, 0.1) is 5.92 Å². The van der Waals surface area contributed by atoms with E-state index in [1.54, 1.807) is 17.4 Å². The fourth-order valence-electron chi connectivity index (χ4n) is 5.23. The van der Waals surface area contributed by atoms with E-state index in [4.69, 9.17) is 0 Å². The molecule has 2 aliphatic rings. The van der Waals surface area contributed by atoms with E-state index >= 15 is 0 Å². The van der Waals surface area contributed by atoms with E-state index in [9.17, 15) is 9.59 Å². The zero-order valence-electron chi connectivity index (χ0n) is 17.5. The van der Waals surface area contributed by atoms with Gasteiger partial charge in [-0.15, -0.1) is 11.3 Å². The lowest BCUT2D eigenvalue weighted by atomic mass is 9.81. The highest BCUT2D eigenvalue weighted by molar-refractivity contribution is 7.22. The van der Waals surface area contributed by atoms with E-state index in [1.165, 1.54) is 15.0 Å². The number of carbonyl (C=O) groups is 1. The molecular formula is C26H23N3O2S. The summed E-state index contributed by atoms with van der Waals surface area (Å²) in [5.41, 5.74) is 3.06. The van der Waals surface area contributed by atoms with Gasteiger partial charge in [0, 0.05) is 58.1 Å². The van der Waals surface area contributed by atoms with Gasteiger partial charge in [-0.3, -0.25) is 4.79 Å². The minimum Gasteiger partial charge on any atom is -0.324 e. The third-order valence-electron chi connectivity index (χ3n) is 6.59. The maximum Gasteiger partial charge on any atom is 0.321 e. The average molecular weight is 442 g/mol. The van der Waals surface area contributed by atoms with Crippen LogP contribution in [0.5, 0.6) is 0 Å². The van der Waals surface area contributed by atoms with Gasteiger partial charge in [-0.1, -0.05) is 36.4 Å². The van der Waals surface area contributed by atoms with Crippen LogP contribution in [-0.4, -0.2) is 28.6 Å². The Bertz CT molecular complexity index is 1340. The predicted molar refractivity (Wildman–Crippen MR) is 129 cm³/mol. The van der Waals surface area contributed by atoms with Crippen molar-refractivity contribution in [3.8, 4) is 10.4 Å². The Kier molecular flexibility index (Phi) is 4.61. The Morgan fingerprint density at radius 3 is 2.59 bits per heavy atom. The number of fused-ring (bicyclic) bond motifs is 5. The van der Waals surface area contributed by atoms with Crippen molar-refractivity contribution in [2.75, 3.05) is 18.4 Å². The minimum atomic E-state index is -0.0685. The molecule has 0 radical (unpaired) electrons. The summed E-state index contributed by atoms with van der Waals surface area (Å²) in [4.78, 5) is 28.9. The first-order chi connectivity index (χ1) is 15.7. The molecule has 2 aliphatic heterocycles. The third-order valence-corrected chi connectivity index (χ3v) is 7.74. The van der Waals surface area contributed by atoms with Crippen LogP contribution in [0.4, 0.5) is 10.5 Å². The molecular weight excluding hydrogens is 418 g/mol. The molecule has 5 nitrogen and oxygen atoms in total. The molecule has 1 saturated heterocycles. The summed E-state index contributed by atoms with van der Waals surface area (Å²) in [6.45, 7) is 1.96. The highest BCUT2D eigenvalue weighted by atomic mass is 32.1. The molecule has 4 heterocycles. The smallest absolute Gasteiger partial charge is 0.321 e. The number of hydrogen-bond donors (Lipinski definition) is 1. The van der Waals surface area contributed by atoms with E-state index in [-0.39, 0.29) is 23.4 Å². The Morgan fingerprint density at radius 1 is 0.938 bits per heavy atom. The van der Waals surface area contributed by atoms with Crippen molar-refractivity contribution in [2.45, 2.75) is 18.9 Å². The molecule has 2 atom stereocenters. The van der Waals surface area contributed by atoms with Crippen molar-refractivity contribution in [3.63, 3.8) is 0 Å². The zero-order valence-corrected chi connectivity index (χ0v) is 18.3. The van der Waals surface area contributed by atoms with Gasteiger partial charge in [0.2, 0.25) is 0 Å². The largest absolute Gasteiger partial charge is 0.324 e. The predicted octanol–water partition coefficient (Wildman–Crippen LogP) is 5.38. The highest BCUT2D eigenvalue weighted by Gasteiger charge is 2.38. The average Bonchev–Trinajstić information content (AvgIpc) is 3.24. The van der Waals surface area contributed by atoms with Crippen molar-refractivity contribution < 1.29 is 4.79 Å². The number of amides is 2. The molecule has 2 bridgehead atoms. The second kappa shape index (κ2) is 7.64. The second-order valence-electron chi connectivity index (χ2n) is 8.73. The van der Waals surface area contributed by atoms with Gasteiger partial charge in [0.15, 0.2) is 0 Å². The Balaban J connectivity index is 1.36. The number of anilines is 1. The van der Waals surface area contributed by atoms with Gasteiger partial charge >= 0.3 is 6.03 Å². The molecule has 2 amide bonds. The number of para-hydroxylation sites is 1. The molecule has 6 rings (SSSR count). The third kappa shape index (κ3) is 3.31.